The molecule has 2 N–H and O–H groups in total. The zero-order valence-corrected chi connectivity index (χ0v) is 9.42. The van der Waals surface area contributed by atoms with Crippen LogP contribution in [0.1, 0.15) is 11.1 Å². The van der Waals surface area contributed by atoms with Crippen molar-refractivity contribution in [2.45, 2.75) is 6.18 Å². The molecule has 0 aliphatic heterocycles. The van der Waals surface area contributed by atoms with Gasteiger partial charge < -0.3 is 5.73 Å². The Bertz CT molecular complexity index is 468. The number of alkyl halides is 3. The maximum absolute atomic E-state index is 12.6. The van der Waals surface area contributed by atoms with Crippen molar-refractivity contribution in [2.24, 2.45) is 15.7 Å². The van der Waals surface area contributed by atoms with Gasteiger partial charge in [0.2, 0.25) is 0 Å². The fourth-order valence-corrected chi connectivity index (χ4v) is 1.22. The number of nitrogens with two attached hydrogens (primary N) is 1. The van der Waals surface area contributed by atoms with Crippen molar-refractivity contribution in [1.29, 1.82) is 0 Å². The highest BCUT2D eigenvalue weighted by atomic mass is 35.5. The van der Waals surface area contributed by atoms with Gasteiger partial charge in [0.05, 0.1) is 5.56 Å². The summed E-state index contributed by atoms with van der Waals surface area (Å²) in [5.74, 6) is -0.327. The lowest BCUT2D eigenvalue weighted by Gasteiger charge is -2.11. The summed E-state index contributed by atoms with van der Waals surface area (Å²) in [5, 5.41) is -0.0976. The molecule has 0 saturated carbocycles. The van der Waals surface area contributed by atoms with E-state index in [-0.39, 0.29) is 16.6 Å². The van der Waals surface area contributed by atoms with Crippen molar-refractivity contribution in [3.8, 4) is 0 Å². The van der Waals surface area contributed by atoms with Gasteiger partial charge in [0.15, 0.2) is 0 Å². The molecule has 1 rings (SSSR count). The maximum Gasteiger partial charge on any atom is 0.418 e. The number of aliphatic imine (C=N–C) groups is 2. The molecular formula is C9H8ClF3N4. The predicted molar refractivity (Wildman–Crippen MR) is 59.4 cm³/mol. The molecule has 1 heterocycles. The lowest BCUT2D eigenvalue weighted by Crippen LogP contribution is -2.20. The molecule has 4 nitrogen and oxygen atoms in total. The molecule has 1 aromatic rings. The van der Waals surface area contributed by atoms with E-state index in [0.717, 1.165) is 12.4 Å². The number of pyridine rings is 1. The molecule has 0 atom stereocenters. The summed E-state index contributed by atoms with van der Waals surface area (Å²) in [5.41, 5.74) is 4.11. The average Bonchev–Trinajstić information content (AvgIpc) is 2.24. The number of aromatic nitrogens is 1. The Balaban J connectivity index is 3.35. The van der Waals surface area contributed by atoms with E-state index in [0.29, 0.717) is 6.20 Å². The van der Waals surface area contributed by atoms with Crippen LogP contribution in [0.15, 0.2) is 22.2 Å². The van der Waals surface area contributed by atoms with Crippen LogP contribution in [0.3, 0.4) is 0 Å². The van der Waals surface area contributed by atoms with E-state index in [4.69, 9.17) is 17.3 Å². The zero-order valence-electron chi connectivity index (χ0n) is 8.66. The molecule has 0 fully saturated rings. The van der Waals surface area contributed by atoms with E-state index in [2.05, 4.69) is 15.0 Å². The molecule has 0 radical (unpaired) electrons. The van der Waals surface area contributed by atoms with Gasteiger partial charge >= 0.3 is 6.18 Å². The average molecular weight is 265 g/mol. The molecule has 0 unspecified atom stereocenters. The van der Waals surface area contributed by atoms with Crippen LogP contribution < -0.4 is 5.73 Å². The quantitative estimate of drug-likeness (QED) is 0.505. The van der Waals surface area contributed by atoms with E-state index in [1.807, 2.05) is 0 Å². The lowest BCUT2D eigenvalue weighted by molar-refractivity contribution is -0.137. The molecule has 0 aliphatic carbocycles. The predicted octanol–water partition coefficient (Wildman–Crippen LogP) is 2.12. The van der Waals surface area contributed by atoms with Crippen molar-refractivity contribution in [3.63, 3.8) is 0 Å². The lowest BCUT2D eigenvalue weighted by atomic mass is 10.1. The molecule has 8 heteroatoms. The Morgan fingerprint density at radius 1 is 1.53 bits per heavy atom. The van der Waals surface area contributed by atoms with Crippen LogP contribution in [0.25, 0.3) is 0 Å². The van der Waals surface area contributed by atoms with Crippen LogP contribution in [0.4, 0.5) is 13.2 Å². The molecule has 0 bridgehead atoms. The fourth-order valence-electron chi connectivity index (χ4n) is 1.06. The summed E-state index contributed by atoms with van der Waals surface area (Å²) in [4.78, 5) is 10.4. The summed E-state index contributed by atoms with van der Waals surface area (Å²) in [7, 11) is 1.42. The van der Waals surface area contributed by atoms with E-state index in [1.165, 1.54) is 7.05 Å². The summed E-state index contributed by atoms with van der Waals surface area (Å²) < 4.78 is 37.9. The Hall–Kier alpha value is -1.63. The number of rotatable bonds is 2. The zero-order chi connectivity index (χ0) is 13.1. The van der Waals surface area contributed by atoms with Crippen LogP contribution in [-0.4, -0.2) is 24.2 Å². The summed E-state index contributed by atoms with van der Waals surface area (Å²) in [6, 6.07) is 1.01. The second-order valence-electron chi connectivity index (χ2n) is 2.94. The standard InChI is InChI=1S/C9H8ClF3N4/c1-15-4-17-8(14)5-2-7(10)16-3-6(5)9(11,12)13/h2-4H,1H3,(H2,14,15,17). The SMILES string of the molecule is CN=CN=C(N)c1cc(Cl)ncc1C(F)(F)F. The molecule has 0 amide bonds. The van der Waals surface area contributed by atoms with Crippen molar-refractivity contribution in [1.82, 2.24) is 4.98 Å². The second kappa shape index (κ2) is 5.13. The Labute approximate surface area is 100 Å². The van der Waals surface area contributed by atoms with Crippen LogP contribution in [0.5, 0.6) is 0 Å². The Morgan fingerprint density at radius 3 is 2.71 bits per heavy atom. The summed E-state index contributed by atoms with van der Waals surface area (Å²) in [6.07, 6.45) is -2.91. The first kappa shape index (κ1) is 13.4. The topological polar surface area (TPSA) is 63.6 Å². The van der Waals surface area contributed by atoms with Crippen molar-refractivity contribution >= 4 is 23.8 Å². The minimum absolute atomic E-state index is 0.0976. The first-order chi connectivity index (χ1) is 7.86. The van der Waals surface area contributed by atoms with E-state index in [1.54, 1.807) is 0 Å². The molecule has 92 valence electrons. The maximum atomic E-state index is 12.6. The van der Waals surface area contributed by atoms with Crippen LogP contribution in [0.2, 0.25) is 5.15 Å². The normalized spacial score (nSPS) is 13.4. The van der Waals surface area contributed by atoms with Gasteiger partial charge in [-0.1, -0.05) is 11.6 Å². The Morgan fingerprint density at radius 2 is 2.18 bits per heavy atom. The molecule has 0 saturated heterocycles. The summed E-state index contributed by atoms with van der Waals surface area (Å²) >= 11 is 5.52. The monoisotopic (exact) mass is 264 g/mol. The van der Waals surface area contributed by atoms with E-state index < -0.39 is 11.7 Å². The highest BCUT2D eigenvalue weighted by Crippen LogP contribution is 2.32. The first-order valence-corrected chi connectivity index (χ1v) is 4.71. The number of nitrogens with zero attached hydrogens (tertiary/aromatic N) is 3. The van der Waals surface area contributed by atoms with Gasteiger partial charge in [-0.15, -0.1) is 0 Å². The highest BCUT2D eigenvalue weighted by molar-refractivity contribution is 6.29. The van der Waals surface area contributed by atoms with Gasteiger partial charge in [-0.25, -0.2) is 9.98 Å². The van der Waals surface area contributed by atoms with Crippen LogP contribution >= 0.6 is 11.6 Å². The van der Waals surface area contributed by atoms with Gasteiger partial charge in [0.25, 0.3) is 0 Å². The third-order valence-electron chi connectivity index (χ3n) is 1.76. The molecule has 17 heavy (non-hydrogen) atoms. The van der Waals surface area contributed by atoms with E-state index in [9.17, 15) is 13.2 Å². The van der Waals surface area contributed by atoms with Crippen molar-refractivity contribution in [3.05, 3.63) is 28.5 Å². The first-order valence-electron chi connectivity index (χ1n) is 4.33. The third-order valence-corrected chi connectivity index (χ3v) is 1.97. The van der Waals surface area contributed by atoms with Crippen molar-refractivity contribution < 1.29 is 13.2 Å². The highest BCUT2D eigenvalue weighted by Gasteiger charge is 2.34. The number of halogens is 4. The smallest absolute Gasteiger partial charge is 0.383 e. The third kappa shape index (κ3) is 3.42. The van der Waals surface area contributed by atoms with E-state index >= 15 is 0 Å². The summed E-state index contributed by atoms with van der Waals surface area (Å²) in [6.45, 7) is 0. The van der Waals surface area contributed by atoms with Gasteiger partial charge in [-0.3, -0.25) is 4.99 Å². The second-order valence-corrected chi connectivity index (χ2v) is 3.33. The van der Waals surface area contributed by atoms with Gasteiger partial charge in [0, 0.05) is 18.8 Å². The minimum Gasteiger partial charge on any atom is -0.383 e. The molecular weight excluding hydrogens is 257 g/mol. The number of hydrogen-bond donors (Lipinski definition) is 1. The van der Waals surface area contributed by atoms with Crippen LogP contribution in [-0.2, 0) is 6.18 Å². The van der Waals surface area contributed by atoms with Crippen molar-refractivity contribution in [2.75, 3.05) is 7.05 Å². The molecule has 1 aromatic heterocycles. The fraction of sp³-hybridized carbons (Fsp3) is 0.222. The van der Waals surface area contributed by atoms with Crippen LogP contribution in [0, 0.1) is 0 Å². The molecule has 0 spiro atoms. The van der Waals surface area contributed by atoms with Gasteiger partial charge in [-0.05, 0) is 6.07 Å². The molecule has 0 aliphatic rings. The number of amidine groups is 1. The van der Waals surface area contributed by atoms with Gasteiger partial charge in [0.1, 0.15) is 17.3 Å². The van der Waals surface area contributed by atoms with Gasteiger partial charge in [-0.2, -0.15) is 13.2 Å². The Kier molecular flexibility index (Phi) is 4.06. The molecule has 0 aromatic carbocycles. The minimum atomic E-state index is -4.57. The largest absolute Gasteiger partial charge is 0.418 e. The number of hydrogen-bond acceptors (Lipinski definition) is 2.